The Labute approximate surface area is 220 Å². The summed E-state index contributed by atoms with van der Waals surface area (Å²) >= 11 is 0. The summed E-state index contributed by atoms with van der Waals surface area (Å²) in [4.78, 5) is 25.1. The van der Waals surface area contributed by atoms with E-state index in [4.69, 9.17) is 14.6 Å². The van der Waals surface area contributed by atoms with E-state index >= 15 is 0 Å². The Morgan fingerprint density at radius 1 is 1.11 bits per heavy atom. The summed E-state index contributed by atoms with van der Waals surface area (Å²) in [6.45, 7) is 2.22. The summed E-state index contributed by atoms with van der Waals surface area (Å²) in [6, 6.07) is 14.9. The highest BCUT2D eigenvalue weighted by molar-refractivity contribution is 6.09. The van der Waals surface area contributed by atoms with E-state index in [0.717, 1.165) is 47.4 Å². The second kappa shape index (κ2) is 10.5. The fourth-order valence-electron chi connectivity index (χ4n) is 5.17. The lowest BCUT2D eigenvalue weighted by molar-refractivity contribution is -0.385. The number of methoxy groups -OCH3 is 2. The predicted octanol–water partition coefficient (Wildman–Crippen LogP) is 5.27. The Morgan fingerprint density at radius 3 is 2.37 bits per heavy atom. The standard InChI is InChI=1S/C28H29N5O5/c1-4-31-17-24(33(35)36)26(29-31)28(34)32-27(19-10-14-22(38-3)15-11-19)23-7-5-6-20(25(23)30-32)16-18-8-12-21(37-2)13-9-18/h8-17,23,27H,4-7H2,1-3H3/b20-16-/t23-,27+/m0/s1. The van der Waals surface area contributed by atoms with Crippen LogP contribution in [0.5, 0.6) is 11.5 Å². The summed E-state index contributed by atoms with van der Waals surface area (Å²) < 4.78 is 12.0. The highest BCUT2D eigenvalue weighted by Gasteiger charge is 2.45. The maximum atomic E-state index is 13.9. The summed E-state index contributed by atoms with van der Waals surface area (Å²) in [5.74, 6) is 0.830. The number of nitrogens with zero attached hydrogens (tertiary/aromatic N) is 5. The zero-order chi connectivity index (χ0) is 26.8. The number of carbonyl (C=O) groups is 1. The van der Waals surface area contributed by atoms with E-state index in [9.17, 15) is 14.9 Å². The van der Waals surface area contributed by atoms with Gasteiger partial charge in [0.1, 0.15) is 17.7 Å². The number of hydrazone groups is 1. The van der Waals surface area contributed by atoms with E-state index in [0.29, 0.717) is 12.3 Å². The molecule has 0 bridgehead atoms. The van der Waals surface area contributed by atoms with Gasteiger partial charge in [0.2, 0.25) is 5.69 Å². The monoisotopic (exact) mass is 515 g/mol. The molecule has 1 amide bonds. The van der Waals surface area contributed by atoms with Crippen molar-refractivity contribution in [3.05, 3.63) is 87.2 Å². The van der Waals surface area contributed by atoms with Gasteiger partial charge in [-0.1, -0.05) is 24.3 Å². The molecule has 5 rings (SSSR count). The molecular weight excluding hydrogens is 486 g/mol. The van der Waals surface area contributed by atoms with Crippen molar-refractivity contribution in [2.75, 3.05) is 14.2 Å². The maximum absolute atomic E-state index is 13.9. The smallest absolute Gasteiger partial charge is 0.320 e. The molecule has 0 spiro atoms. The largest absolute Gasteiger partial charge is 0.497 e. The van der Waals surface area contributed by atoms with Crippen molar-refractivity contribution < 1.29 is 19.2 Å². The number of benzene rings is 2. The molecule has 1 aliphatic carbocycles. The summed E-state index contributed by atoms with van der Waals surface area (Å²) in [5, 5.41) is 22.2. The van der Waals surface area contributed by atoms with Crippen molar-refractivity contribution in [1.29, 1.82) is 0 Å². The predicted molar refractivity (Wildman–Crippen MR) is 142 cm³/mol. The van der Waals surface area contributed by atoms with Gasteiger partial charge < -0.3 is 9.47 Å². The van der Waals surface area contributed by atoms with Gasteiger partial charge in [0.25, 0.3) is 0 Å². The number of nitro groups is 1. The summed E-state index contributed by atoms with van der Waals surface area (Å²) in [7, 11) is 3.23. The molecule has 10 heteroatoms. The fourth-order valence-corrected chi connectivity index (χ4v) is 5.17. The Morgan fingerprint density at radius 2 is 1.76 bits per heavy atom. The molecule has 2 atom stereocenters. The molecule has 2 aliphatic rings. The molecule has 2 aromatic carbocycles. The van der Waals surface area contributed by atoms with Gasteiger partial charge >= 0.3 is 11.6 Å². The van der Waals surface area contributed by atoms with E-state index in [-0.39, 0.29) is 17.3 Å². The molecule has 3 aromatic rings. The van der Waals surface area contributed by atoms with Crippen LogP contribution in [0, 0.1) is 16.0 Å². The second-order valence-electron chi connectivity index (χ2n) is 9.27. The highest BCUT2D eigenvalue weighted by atomic mass is 16.6. The van der Waals surface area contributed by atoms with Gasteiger partial charge in [-0.15, -0.1) is 0 Å². The third-order valence-corrected chi connectivity index (χ3v) is 7.09. The fraction of sp³-hybridized carbons (Fsp3) is 0.321. The minimum Gasteiger partial charge on any atom is -0.497 e. The number of fused-ring (bicyclic) bond motifs is 1. The molecule has 196 valence electrons. The molecule has 0 radical (unpaired) electrons. The Bertz CT molecular complexity index is 1410. The van der Waals surface area contributed by atoms with E-state index < -0.39 is 16.9 Å². The molecule has 1 fully saturated rings. The number of ether oxygens (including phenoxy) is 2. The number of amides is 1. The van der Waals surface area contributed by atoms with E-state index in [2.05, 4.69) is 11.2 Å². The quantitative estimate of drug-likeness (QED) is 0.313. The van der Waals surface area contributed by atoms with Crippen LogP contribution in [0.1, 0.15) is 53.8 Å². The van der Waals surface area contributed by atoms with Crippen molar-refractivity contribution in [1.82, 2.24) is 14.8 Å². The van der Waals surface area contributed by atoms with Crippen molar-refractivity contribution in [3.63, 3.8) is 0 Å². The van der Waals surface area contributed by atoms with Gasteiger partial charge in [-0.2, -0.15) is 10.2 Å². The van der Waals surface area contributed by atoms with Gasteiger partial charge in [0.15, 0.2) is 0 Å². The van der Waals surface area contributed by atoms with Crippen molar-refractivity contribution in [3.8, 4) is 11.5 Å². The Kier molecular flexibility index (Phi) is 6.95. The lowest BCUT2D eigenvalue weighted by Gasteiger charge is -2.29. The molecule has 1 aliphatic heterocycles. The van der Waals surface area contributed by atoms with Crippen LogP contribution < -0.4 is 9.47 Å². The molecule has 0 saturated heterocycles. The van der Waals surface area contributed by atoms with Gasteiger partial charge in [-0.3, -0.25) is 19.6 Å². The average molecular weight is 516 g/mol. The zero-order valence-corrected chi connectivity index (χ0v) is 21.5. The van der Waals surface area contributed by atoms with Gasteiger partial charge in [-0.25, -0.2) is 5.01 Å². The van der Waals surface area contributed by atoms with Crippen molar-refractivity contribution >= 4 is 23.4 Å². The molecule has 2 heterocycles. The van der Waals surface area contributed by atoms with Gasteiger partial charge in [-0.05, 0) is 73.2 Å². The van der Waals surface area contributed by atoms with Crippen LogP contribution in [-0.4, -0.2) is 45.6 Å². The normalized spacial score (nSPS) is 19.7. The van der Waals surface area contributed by atoms with E-state index in [1.54, 1.807) is 14.2 Å². The first kappa shape index (κ1) is 25.2. The zero-order valence-electron chi connectivity index (χ0n) is 21.5. The Hall–Kier alpha value is -4.47. The molecule has 0 N–H and O–H groups in total. The number of allylic oxidation sites excluding steroid dienone is 1. The van der Waals surface area contributed by atoms with Gasteiger partial charge in [0, 0.05) is 12.5 Å². The van der Waals surface area contributed by atoms with Crippen molar-refractivity contribution in [2.24, 2.45) is 11.0 Å². The number of aromatic nitrogens is 2. The number of hydrogen-bond donors (Lipinski definition) is 0. The Balaban J connectivity index is 1.59. The van der Waals surface area contributed by atoms with Crippen LogP contribution >= 0.6 is 0 Å². The van der Waals surface area contributed by atoms with Crippen LogP contribution in [0.15, 0.2) is 65.4 Å². The number of hydrogen-bond acceptors (Lipinski definition) is 7. The molecule has 38 heavy (non-hydrogen) atoms. The molecule has 0 unspecified atom stereocenters. The topological polar surface area (TPSA) is 112 Å². The van der Waals surface area contributed by atoms with Crippen LogP contribution in [0.3, 0.4) is 0 Å². The second-order valence-corrected chi connectivity index (χ2v) is 9.27. The maximum Gasteiger partial charge on any atom is 0.320 e. The molecule has 1 saturated carbocycles. The molecule has 1 aromatic heterocycles. The lowest BCUT2D eigenvalue weighted by atomic mass is 9.77. The average Bonchev–Trinajstić information content (AvgIpc) is 3.56. The molecular formula is C28H29N5O5. The lowest BCUT2D eigenvalue weighted by Crippen LogP contribution is -2.32. The van der Waals surface area contributed by atoms with Crippen LogP contribution in [0.2, 0.25) is 0 Å². The van der Waals surface area contributed by atoms with Crippen LogP contribution in [0.25, 0.3) is 6.08 Å². The summed E-state index contributed by atoms with van der Waals surface area (Å²) in [6.07, 6.45) is 5.98. The third kappa shape index (κ3) is 4.65. The third-order valence-electron chi connectivity index (χ3n) is 7.09. The summed E-state index contributed by atoms with van der Waals surface area (Å²) in [5.41, 5.74) is 3.24. The number of aryl methyl sites for hydroxylation is 1. The first-order valence-electron chi connectivity index (χ1n) is 12.6. The van der Waals surface area contributed by atoms with E-state index in [1.165, 1.54) is 15.9 Å². The highest BCUT2D eigenvalue weighted by Crippen LogP contribution is 2.45. The van der Waals surface area contributed by atoms with Crippen molar-refractivity contribution in [2.45, 2.75) is 38.8 Å². The van der Waals surface area contributed by atoms with Crippen LogP contribution in [-0.2, 0) is 6.54 Å². The number of rotatable bonds is 7. The van der Waals surface area contributed by atoms with Gasteiger partial charge in [0.05, 0.1) is 30.9 Å². The number of carbonyl (C=O) groups excluding carboxylic acids is 1. The SMILES string of the molecule is CCn1cc([N+](=O)[O-])c(C(=O)N2N=C3/C(=C\c4ccc(OC)cc4)CCC[C@@H]3[C@H]2c2ccc(OC)cc2)n1. The van der Waals surface area contributed by atoms with E-state index in [1.807, 2.05) is 55.5 Å². The minimum absolute atomic E-state index is 0.0575. The first-order valence-corrected chi connectivity index (χ1v) is 12.6. The molecule has 10 nitrogen and oxygen atoms in total. The minimum atomic E-state index is -0.588. The van der Waals surface area contributed by atoms with Crippen LogP contribution in [0.4, 0.5) is 5.69 Å². The first-order chi connectivity index (χ1) is 18.4.